The summed E-state index contributed by atoms with van der Waals surface area (Å²) in [5.41, 5.74) is 3.72. The number of hydrogen-bond donors (Lipinski definition) is 2. The molecule has 1 amide bonds. The number of carbonyl (C=O) groups is 2. The van der Waals surface area contributed by atoms with Gasteiger partial charge in [-0.1, -0.05) is 12.1 Å². The summed E-state index contributed by atoms with van der Waals surface area (Å²) in [5.74, 6) is -0.960. The van der Waals surface area contributed by atoms with E-state index in [-0.39, 0.29) is 23.8 Å². The fourth-order valence-electron chi connectivity index (χ4n) is 3.31. The van der Waals surface area contributed by atoms with E-state index < -0.39 is 5.97 Å². The Morgan fingerprint density at radius 3 is 2.52 bits per heavy atom. The highest BCUT2D eigenvalue weighted by atomic mass is 16.4. The van der Waals surface area contributed by atoms with Gasteiger partial charge < -0.3 is 10.4 Å². The van der Waals surface area contributed by atoms with E-state index in [4.69, 9.17) is 5.11 Å². The summed E-state index contributed by atoms with van der Waals surface area (Å²) in [6.45, 7) is 5.89. The second-order valence-electron chi connectivity index (χ2n) is 6.88. The van der Waals surface area contributed by atoms with Gasteiger partial charge in [-0.3, -0.25) is 14.3 Å². The van der Waals surface area contributed by atoms with E-state index in [9.17, 15) is 9.59 Å². The molecule has 1 fully saturated rings. The minimum atomic E-state index is -0.736. The molecule has 0 bridgehead atoms. The first-order chi connectivity index (χ1) is 11.8. The maximum Gasteiger partial charge on any atom is 0.307 e. The van der Waals surface area contributed by atoms with E-state index in [1.807, 2.05) is 55.8 Å². The molecular formula is C19H23N3O3. The van der Waals surface area contributed by atoms with Crippen molar-refractivity contribution in [3.8, 4) is 0 Å². The second-order valence-corrected chi connectivity index (χ2v) is 6.88. The Balaban J connectivity index is 1.56. The number of carboxylic acids is 1. The summed E-state index contributed by atoms with van der Waals surface area (Å²) in [6.07, 6.45) is 1.04. The lowest BCUT2D eigenvalue weighted by atomic mass is 10.1. The van der Waals surface area contributed by atoms with Crippen molar-refractivity contribution in [1.82, 2.24) is 9.78 Å². The van der Waals surface area contributed by atoms with Gasteiger partial charge in [0, 0.05) is 17.8 Å². The van der Waals surface area contributed by atoms with Gasteiger partial charge in [0.2, 0.25) is 5.91 Å². The molecule has 3 rings (SSSR count). The Labute approximate surface area is 146 Å². The second kappa shape index (κ2) is 6.70. The first kappa shape index (κ1) is 17.2. The van der Waals surface area contributed by atoms with Crippen molar-refractivity contribution in [2.45, 2.75) is 45.6 Å². The van der Waals surface area contributed by atoms with Gasteiger partial charge in [-0.05, 0) is 56.9 Å². The minimum Gasteiger partial charge on any atom is -0.481 e. The maximum absolute atomic E-state index is 12.3. The third-order valence-corrected chi connectivity index (χ3v) is 4.67. The predicted molar refractivity (Wildman–Crippen MR) is 94.6 cm³/mol. The number of hydrogen-bond acceptors (Lipinski definition) is 3. The summed E-state index contributed by atoms with van der Waals surface area (Å²) in [5, 5.41) is 16.3. The third-order valence-electron chi connectivity index (χ3n) is 4.67. The number of aliphatic carboxylic acids is 1. The smallest absolute Gasteiger partial charge is 0.307 e. The largest absolute Gasteiger partial charge is 0.481 e. The lowest BCUT2D eigenvalue weighted by molar-refractivity contribution is -0.138. The Bertz CT molecular complexity index is 795. The molecule has 3 atom stereocenters. The molecule has 2 aromatic rings. The van der Waals surface area contributed by atoms with Gasteiger partial charge >= 0.3 is 5.97 Å². The Hall–Kier alpha value is -2.63. The quantitative estimate of drug-likeness (QED) is 0.844. The van der Waals surface area contributed by atoms with Gasteiger partial charge in [-0.25, -0.2) is 0 Å². The molecule has 1 aliphatic rings. The molecule has 132 valence electrons. The molecule has 1 saturated carbocycles. The van der Waals surface area contributed by atoms with Gasteiger partial charge in [-0.2, -0.15) is 5.10 Å². The number of aryl methyl sites for hydroxylation is 2. The molecule has 1 aromatic heterocycles. The van der Waals surface area contributed by atoms with Gasteiger partial charge in [0.1, 0.15) is 0 Å². The highest BCUT2D eigenvalue weighted by Gasteiger charge is 2.43. The normalized spacial score (nSPS) is 20.1. The molecule has 6 nitrogen and oxygen atoms in total. The minimum absolute atomic E-state index is 0.0178. The van der Waals surface area contributed by atoms with E-state index in [1.54, 1.807) is 0 Å². The average molecular weight is 341 g/mol. The van der Waals surface area contributed by atoms with Crippen molar-refractivity contribution >= 4 is 17.6 Å². The zero-order chi connectivity index (χ0) is 18.1. The number of aromatic nitrogens is 2. The number of amides is 1. The molecule has 2 N–H and O–H groups in total. The predicted octanol–water partition coefficient (Wildman–Crippen LogP) is 3.28. The number of rotatable bonds is 6. The van der Waals surface area contributed by atoms with Crippen LogP contribution in [0.4, 0.5) is 5.69 Å². The van der Waals surface area contributed by atoms with Crippen molar-refractivity contribution in [2.75, 3.05) is 5.32 Å². The Kier molecular flexibility index (Phi) is 4.61. The first-order valence-corrected chi connectivity index (χ1v) is 8.50. The van der Waals surface area contributed by atoms with Crippen LogP contribution in [0.15, 0.2) is 30.3 Å². The van der Waals surface area contributed by atoms with Crippen LogP contribution in [0.3, 0.4) is 0 Å². The van der Waals surface area contributed by atoms with Gasteiger partial charge in [0.15, 0.2) is 0 Å². The van der Waals surface area contributed by atoms with Crippen molar-refractivity contribution in [1.29, 1.82) is 0 Å². The molecular weight excluding hydrogens is 318 g/mol. The summed E-state index contributed by atoms with van der Waals surface area (Å²) >= 11 is 0. The molecule has 1 unspecified atom stereocenters. The number of nitrogens with zero attached hydrogens (tertiary/aromatic N) is 2. The number of anilines is 1. The van der Waals surface area contributed by atoms with E-state index in [0.717, 1.165) is 22.6 Å². The maximum atomic E-state index is 12.3. The average Bonchev–Trinajstić information content (AvgIpc) is 3.27. The standard InChI is InChI=1S/C19H23N3O3/c1-11-8-12(2)22(21-11)13(3)9-18(23)20-15-6-4-14(5-7-15)16-10-17(16)19(24)25/h4-8,13,16-17H,9-10H2,1-3H3,(H,20,23)(H,24,25)/t13?,16-,17+/m0/s1. The summed E-state index contributed by atoms with van der Waals surface area (Å²) in [7, 11) is 0. The highest BCUT2D eigenvalue weighted by Crippen LogP contribution is 2.47. The molecule has 6 heteroatoms. The molecule has 25 heavy (non-hydrogen) atoms. The van der Waals surface area contributed by atoms with Crippen LogP contribution in [0.1, 0.15) is 48.7 Å². The van der Waals surface area contributed by atoms with Gasteiger partial charge in [-0.15, -0.1) is 0 Å². The van der Waals surface area contributed by atoms with Crippen LogP contribution in [0.2, 0.25) is 0 Å². The first-order valence-electron chi connectivity index (χ1n) is 8.50. The Morgan fingerprint density at radius 1 is 1.32 bits per heavy atom. The van der Waals surface area contributed by atoms with Crippen molar-refractivity contribution in [3.05, 3.63) is 47.3 Å². The molecule has 0 radical (unpaired) electrons. The molecule has 1 aliphatic carbocycles. The lowest BCUT2D eigenvalue weighted by Gasteiger charge is -2.14. The summed E-state index contributed by atoms with van der Waals surface area (Å²) in [4.78, 5) is 23.2. The summed E-state index contributed by atoms with van der Waals surface area (Å²) in [6, 6.07) is 9.43. The number of benzene rings is 1. The lowest BCUT2D eigenvalue weighted by Crippen LogP contribution is -2.19. The van der Waals surface area contributed by atoms with Crippen LogP contribution in [0.5, 0.6) is 0 Å². The number of carboxylic acid groups (broad SMARTS) is 1. The molecule has 0 saturated heterocycles. The summed E-state index contributed by atoms with van der Waals surface area (Å²) < 4.78 is 1.87. The van der Waals surface area contributed by atoms with Crippen LogP contribution < -0.4 is 5.32 Å². The number of nitrogens with one attached hydrogen (secondary N) is 1. The molecule has 1 heterocycles. The number of carbonyl (C=O) groups excluding carboxylic acids is 1. The van der Waals surface area contributed by atoms with E-state index >= 15 is 0 Å². The van der Waals surface area contributed by atoms with Gasteiger partial charge in [0.05, 0.1) is 17.7 Å². The van der Waals surface area contributed by atoms with Crippen molar-refractivity contribution in [3.63, 3.8) is 0 Å². The van der Waals surface area contributed by atoms with Crippen LogP contribution >= 0.6 is 0 Å². The van der Waals surface area contributed by atoms with E-state index in [2.05, 4.69) is 10.4 Å². The SMILES string of the molecule is Cc1cc(C)n(C(C)CC(=O)Nc2ccc([C@@H]3C[C@H]3C(=O)O)cc2)n1. The topological polar surface area (TPSA) is 84.2 Å². The van der Waals surface area contributed by atoms with Gasteiger partial charge in [0.25, 0.3) is 0 Å². The molecule has 0 spiro atoms. The molecule has 1 aromatic carbocycles. The van der Waals surface area contributed by atoms with Crippen molar-refractivity contribution in [2.24, 2.45) is 5.92 Å². The monoisotopic (exact) mass is 341 g/mol. The van der Waals surface area contributed by atoms with E-state index in [0.29, 0.717) is 12.8 Å². The fraction of sp³-hybridized carbons (Fsp3) is 0.421. The van der Waals surface area contributed by atoms with E-state index in [1.165, 1.54) is 0 Å². The zero-order valence-corrected chi connectivity index (χ0v) is 14.7. The van der Waals surface area contributed by atoms with Crippen molar-refractivity contribution < 1.29 is 14.7 Å². The Morgan fingerprint density at radius 2 is 2.00 bits per heavy atom. The van der Waals surface area contributed by atoms with Crippen LogP contribution in [-0.4, -0.2) is 26.8 Å². The van der Waals surface area contributed by atoms with Crippen LogP contribution in [0.25, 0.3) is 0 Å². The highest BCUT2D eigenvalue weighted by molar-refractivity contribution is 5.91. The van der Waals surface area contributed by atoms with Crippen LogP contribution in [-0.2, 0) is 9.59 Å². The fourth-order valence-corrected chi connectivity index (χ4v) is 3.31. The third kappa shape index (κ3) is 3.90. The zero-order valence-electron chi connectivity index (χ0n) is 14.7. The molecule has 0 aliphatic heterocycles. The van der Waals surface area contributed by atoms with Crippen LogP contribution in [0, 0.1) is 19.8 Å².